The van der Waals surface area contributed by atoms with Gasteiger partial charge in [-0.05, 0) is 6.42 Å². The van der Waals surface area contributed by atoms with E-state index < -0.39 is 0 Å². The maximum absolute atomic E-state index is 11.3. The Morgan fingerprint density at radius 1 is 1.85 bits per heavy atom. The number of carbonyl (C=O) groups is 1. The second kappa shape index (κ2) is 5.01. The zero-order valence-electron chi connectivity index (χ0n) is 7.38. The van der Waals surface area contributed by atoms with Crippen LogP contribution in [0.2, 0.25) is 0 Å². The van der Waals surface area contributed by atoms with E-state index in [9.17, 15) is 4.79 Å². The van der Waals surface area contributed by atoms with Crippen molar-refractivity contribution in [1.82, 2.24) is 15.3 Å². The molecule has 0 saturated carbocycles. The number of imidazole rings is 1. The minimum Gasteiger partial charge on any atom is -0.350 e. The number of nitrogens with zero attached hydrogens (tertiary/aromatic N) is 1. The molecule has 0 aliphatic rings. The molecule has 2 N–H and O–H groups in total. The first-order chi connectivity index (χ1) is 6.24. The zero-order chi connectivity index (χ0) is 9.68. The first-order valence-corrected chi connectivity index (χ1v) is 5.04. The van der Waals surface area contributed by atoms with Gasteiger partial charge in [0.05, 0.1) is 23.4 Å². The second-order valence-electron chi connectivity index (χ2n) is 2.67. The molecule has 1 amide bonds. The van der Waals surface area contributed by atoms with Crippen LogP contribution >= 0.6 is 15.9 Å². The summed E-state index contributed by atoms with van der Waals surface area (Å²) >= 11 is 3.27. The smallest absolute Gasteiger partial charge is 0.234 e. The number of aromatic nitrogens is 2. The van der Waals surface area contributed by atoms with Crippen LogP contribution in [0.25, 0.3) is 0 Å². The van der Waals surface area contributed by atoms with Gasteiger partial charge in [-0.2, -0.15) is 0 Å². The minimum absolute atomic E-state index is 0.0112. The molecular formula is C8H12BrN3O. The molecule has 5 heteroatoms. The fourth-order valence-electron chi connectivity index (χ4n) is 0.860. The number of hydrogen-bond acceptors (Lipinski definition) is 2. The SMILES string of the molecule is CCC(Br)C(=O)NCc1cnc[nH]1. The highest BCUT2D eigenvalue weighted by Crippen LogP contribution is 2.03. The van der Waals surface area contributed by atoms with Gasteiger partial charge in [0.2, 0.25) is 5.91 Å². The van der Waals surface area contributed by atoms with Crippen LogP contribution in [0.15, 0.2) is 12.5 Å². The van der Waals surface area contributed by atoms with Crippen molar-refractivity contribution in [3.05, 3.63) is 18.2 Å². The minimum atomic E-state index is -0.101. The van der Waals surface area contributed by atoms with Crippen molar-refractivity contribution in [3.8, 4) is 0 Å². The van der Waals surface area contributed by atoms with Gasteiger partial charge in [0, 0.05) is 6.20 Å². The van der Waals surface area contributed by atoms with Gasteiger partial charge in [0.1, 0.15) is 0 Å². The summed E-state index contributed by atoms with van der Waals surface area (Å²) in [7, 11) is 0. The van der Waals surface area contributed by atoms with Crippen molar-refractivity contribution in [2.24, 2.45) is 0 Å². The molecule has 0 fully saturated rings. The number of amides is 1. The number of H-pyrrole nitrogens is 1. The molecule has 1 atom stereocenters. The van der Waals surface area contributed by atoms with E-state index in [2.05, 4.69) is 31.2 Å². The van der Waals surface area contributed by atoms with E-state index in [1.807, 2.05) is 6.92 Å². The average molecular weight is 246 g/mol. The largest absolute Gasteiger partial charge is 0.350 e. The highest BCUT2D eigenvalue weighted by Gasteiger charge is 2.11. The lowest BCUT2D eigenvalue weighted by Crippen LogP contribution is -2.30. The lowest BCUT2D eigenvalue weighted by atomic mass is 10.3. The van der Waals surface area contributed by atoms with E-state index in [1.165, 1.54) is 0 Å². The molecule has 1 aromatic rings. The van der Waals surface area contributed by atoms with E-state index in [0.29, 0.717) is 6.54 Å². The number of halogens is 1. The standard InChI is InChI=1S/C8H12BrN3O/c1-2-7(9)8(13)11-4-6-3-10-5-12-6/h3,5,7H,2,4H2,1H3,(H,10,12)(H,11,13). The molecule has 1 aromatic heterocycles. The first kappa shape index (κ1) is 10.2. The zero-order valence-corrected chi connectivity index (χ0v) is 8.97. The monoisotopic (exact) mass is 245 g/mol. The molecule has 13 heavy (non-hydrogen) atoms. The molecule has 1 unspecified atom stereocenters. The molecule has 72 valence electrons. The number of hydrogen-bond donors (Lipinski definition) is 2. The van der Waals surface area contributed by atoms with Crippen molar-refractivity contribution in [2.75, 3.05) is 0 Å². The Hall–Kier alpha value is -0.840. The topological polar surface area (TPSA) is 57.8 Å². The van der Waals surface area contributed by atoms with E-state index in [-0.39, 0.29) is 10.7 Å². The average Bonchev–Trinajstić information content (AvgIpc) is 2.65. The summed E-state index contributed by atoms with van der Waals surface area (Å²) in [6, 6.07) is 0. The maximum Gasteiger partial charge on any atom is 0.234 e. The number of carbonyl (C=O) groups excluding carboxylic acids is 1. The third-order valence-electron chi connectivity index (χ3n) is 1.65. The summed E-state index contributed by atoms with van der Waals surface area (Å²) in [6.07, 6.45) is 4.07. The van der Waals surface area contributed by atoms with Crippen LogP contribution in [0.1, 0.15) is 19.0 Å². The Labute approximate surface area is 85.3 Å². The lowest BCUT2D eigenvalue weighted by molar-refractivity contribution is -0.120. The van der Waals surface area contributed by atoms with E-state index in [4.69, 9.17) is 0 Å². The van der Waals surface area contributed by atoms with Gasteiger partial charge < -0.3 is 10.3 Å². The Morgan fingerprint density at radius 3 is 3.15 bits per heavy atom. The summed E-state index contributed by atoms with van der Waals surface area (Å²) in [4.78, 5) is 17.9. The summed E-state index contributed by atoms with van der Waals surface area (Å²) in [5.74, 6) is 0.0112. The molecule has 0 radical (unpaired) electrons. The third-order valence-corrected chi connectivity index (χ3v) is 2.71. The van der Waals surface area contributed by atoms with Crippen LogP contribution in [0.4, 0.5) is 0 Å². The maximum atomic E-state index is 11.3. The quantitative estimate of drug-likeness (QED) is 0.784. The van der Waals surface area contributed by atoms with Crippen LogP contribution in [-0.2, 0) is 11.3 Å². The number of nitrogens with one attached hydrogen (secondary N) is 2. The summed E-state index contributed by atoms with van der Waals surface area (Å²) in [5, 5.41) is 2.78. The van der Waals surface area contributed by atoms with Crippen molar-refractivity contribution < 1.29 is 4.79 Å². The molecule has 1 rings (SSSR count). The molecule has 4 nitrogen and oxygen atoms in total. The number of alkyl halides is 1. The molecule has 0 bridgehead atoms. The Balaban J connectivity index is 2.31. The van der Waals surface area contributed by atoms with Gasteiger partial charge in [-0.15, -0.1) is 0 Å². The Bertz CT molecular complexity index is 260. The first-order valence-electron chi connectivity index (χ1n) is 4.13. The molecule has 0 spiro atoms. The fourth-order valence-corrected chi connectivity index (χ4v) is 1.02. The van der Waals surface area contributed by atoms with Crippen LogP contribution in [0.5, 0.6) is 0 Å². The summed E-state index contributed by atoms with van der Waals surface area (Å²) in [5.41, 5.74) is 0.907. The van der Waals surface area contributed by atoms with Gasteiger partial charge >= 0.3 is 0 Å². The van der Waals surface area contributed by atoms with Gasteiger partial charge in [-0.3, -0.25) is 4.79 Å². The highest BCUT2D eigenvalue weighted by atomic mass is 79.9. The van der Waals surface area contributed by atoms with Crippen LogP contribution in [0, 0.1) is 0 Å². The van der Waals surface area contributed by atoms with E-state index >= 15 is 0 Å². The fraction of sp³-hybridized carbons (Fsp3) is 0.500. The molecule has 1 heterocycles. The van der Waals surface area contributed by atoms with Crippen molar-refractivity contribution in [2.45, 2.75) is 24.7 Å². The third kappa shape index (κ3) is 3.18. The Kier molecular flexibility index (Phi) is 3.95. The molecule has 0 saturated heterocycles. The molecule has 0 aliphatic carbocycles. The number of aromatic amines is 1. The Morgan fingerprint density at radius 2 is 2.62 bits per heavy atom. The van der Waals surface area contributed by atoms with Crippen molar-refractivity contribution in [1.29, 1.82) is 0 Å². The predicted molar refractivity (Wildman–Crippen MR) is 53.4 cm³/mol. The van der Waals surface area contributed by atoms with Crippen molar-refractivity contribution >= 4 is 21.8 Å². The van der Waals surface area contributed by atoms with Gasteiger partial charge in [0.15, 0.2) is 0 Å². The van der Waals surface area contributed by atoms with E-state index in [1.54, 1.807) is 12.5 Å². The lowest BCUT2D eigenvalue weighted by Gasteiger charge is -2.06. The van der Waals surface area contributed by atoms with E-state index in [0.717, 1.165) is 12.1 Å². The molecular weight excluding hydrogens is 234 g/mol. The summed E-state index contributed by atoms with van der Waals surface area (Å²) in [6.45, 7) is 2.45. The predicted octanol–water partition coefficient (Wildman–Crippen LogP) is 1.20. The molecule has 0 aliphatic heterocycles. The number of rotatable bonds is 4. The van der Waals surface area contributed by atoms with Gasteiger partial charge in [0.25, 0.3) is 0 Å². The van der Waals surface area contributed by atoms with Crippen LogP contribution in [0.3, 0.4) is 0 Å². The highest BCUT2D eigenvalue weighted by molar-refractivity contribution is 9.10. The van der Waals surface area contributed by atoms with Crippen LogP contribution in [-0.4, -0.2) is 20.7 Å². The van der Waals surface area contributed by atoms with Gasteiger partial charge in [-0.25, -0.2) is 4.98 Å². The van der Waals surface area contributed by atoms with Gasteiger partial charge in [-0.1, -0.05) is 22.9 Å². The van der Waals surface area contributed by atoms with Crippen molar-refractivity contribution in [3.63, 3.8) is 0 Å². The van der Waals surface area contributed by atoms with Crippen LogP contribution < -0.4 is 5.32 Å². The molecule has 0 aromatic carbocycles. The second-order valence-corrected chi connectivity index (χ2v) is 3.78. The normalized spacial score (nSPS) is 12.5. The summed E-state index contributed by atoms with van der Waals surface area (Å²) < 4.78 is 0.